The number of hydrogen-bond acceptors (Lipinski definition) is 4. The predicted octanol–water partition coefficient (Wildman–Crippen LogP) is 1.42. The maximum absolute atomic E-state index is 10.8. The molecule has 0 spiro atoms. The molecule has 1 atom stereocenters. The Balaban J connectivity index is 1.94. The monoisotopic (exact) mass is 217 g/mol. The van der Waals surface area contributed by atoms with Gasteiger partial charge in [-0.25, -0.2) is 0 Å². The number of nitrogens with one attached hydrogen (secondary N) is 1. The van der Waals surface area contributed by atoms with Crippen LogP contribution in [-0.4, -0.2) is 37.2 Å². The number of rotatable bonds is 5. The zero-order valence-electron chi connectivity index (χ0n) is 8.75. The molecule has 82 valence electrons. The van der Waals surface area contributed by atoms with Crippen molar-refractivity contribution in [3.63, 3.8) is 0 Å². The van der Waals surface area contributed by atoms with Crippen LogP contribution in [-0.2, 0) is 9.53 Å². The molecule has 1 rings (SSSR count). The normalized spacial score (nSPS) is 21.9. The third kappa shape index (κ3) is 4.86. The van der Waals surface area contributed by atoms with Gasteiger partial charge in [0.05, 0.1) is 7.11 Å². The van der Waals surface area contributed by atoms with Crippen molar-refractivity contribution in [2.75, 3.05) is 26.0 Å². The van der Waals surface area contributed by atoms with Crippen LogP contribution in [0.4, 0.5) is 0 Å². The van der Waals surface area contributed by atoms with E-state index in [0.29, 0.717) is 6.42 Å². The van der Waals surface area contributed by atoms with Crippen molar-refractivity contribution in [2.45, 2.75) is 30.9 Å². The molecule has 1 aliphatic heterocycles. The largest absolute Gasteiger partial charge is 0.469 e. The highest BCUT2D eigenvalue weighted by Gasteiger charge is 2.12. The second-order valence-electron chi connectivity index (χ2n) is 3.52. The first-order valence-electron chi connectivity index (χ1n) is 5.22. The van der Waals surface area contributed by atoms with Crippen LogP contribution in [0, 0.1) is 0 Å². The van der Waals surface area contributed by atoms with Crippen molar-refractivity contribution in [3.05, 3.63) is 0 Å². The van der Waals surface area contributed by atoms with Crippen LogP contribution in [0.5, 0.6) is 0 Å². The van der Waals surface area contributed by atoms with Crippen molar-refractivity contribution in [1.29, 1.82) is 0 Å². The van der Waals surface area contributed by atoms with Crippen molar-refractivity contribution < 1.29 is 9.53 Å². The zero-order chi connectivity index (χ0) is 10.2. The molecular weight excluding hydrogens is 198 g/mol. The highest BCUT2D eigenvalue weighted by atomic mass is 32.2. The van der Waals surface area contributed by atoms with Crippen LogP contribution in [0.2, 0.25) is 0 Å². The molecule has 0 aliphatic carbocycles. The Kier molecular flexibility index (Phi) is 6.03. The zero-order valence-corrected chi connectivity index (χ0v) is 9.57. The smallest absolute Gasteiger partial charge is 0.305 e. The number of carbonyl (C=O) groups is 1. The summed E-state index contributed by atoms with van der Waals surface area (Å²) in [7, 11) is 1.44. The van der Waals surface area contributed by atoms with Gasteiger partial charge >= 0.3 is 5.97 Å². The van der Waals surface area contributed by atoms with Gasteiger partial charge in [0.15, 0.2) is 0 Å². The van der Waals surface area contributed by atoms with Crippen LogP contribution < -0.4 is 5.32 Å². The van der Waals surface area contributed by atoms with Crippen LogP contribution in [0.15, 0.2) is 0 Å². The molecule has 1 heterocycles. The van der Waals surface area contributed by atoms with E-state index in [-0.39, 0.29) is 5.97 Å². The van der Waals surface area contributed by atoms with E-state index in [1.807, 2.05) is 11.8 Å². The second-order valence-corrected chi connectivity index (χ2v) is 4.93. The van der Waals surface area contributed by atoms with E-state index in [4.69, 9.17) is 0 Å². The average molecular weight is 217 g/mol. The summed E-state index contributed by atoms with van der Waals surface area (Å²) in [6.45, 7) is 2.29. The number of methoxy groups -OCH3 is 1. The maximum Gasteiger partial charge on any atom is 0.305 e. The molecule has 1 fully saturated rings. The third-order valence-corrected chi connectivity index (χ3v) is 3.76. The van der Waals surface area contributed by atoms with Crippen LogP contribution in [0.25, 0.3) is 0 Å². The fraction of sp³-hybridized carbons (Fsp3) is 0.900. The molecule has 0 aromatic rings. The standard InChI is InChI=1S/C10H19NO2S/c1-13-10(12)5-3-7-14-9-4-2-6-11-8-9/h9,11H,2-8H2,1H3. The topological polar surface area (TPSA) is 38.3 Å². The van der Waals surface area contributed by atoms with Gasteiger partial charge in [0.25, 0.3) is 0 Å². The first-order chi connectivity index (χ1) is 6.83. The molecule has 0 amide bonds. The molecule has 0 bridgehead atoms. The van der Waals surface area contributed by atoms with Crippen LogP contribution >= 0.6 is 11.8 Å². The third-order valence-electron chi connectivity index (χ3n) is 2.36. The summed E-state index contributed by atoms with van der Waals surface area (Å²) in [4.78, 5) is 10.8. The van der Waals surface area contributed by atoms with Crippen LogP contribution in [0.1, 0.15) is 25.7 Å². The molecule has 0 radical (unpaired) electrons. The number of ether oxygens (including phenoxy) is 1. The molecule has 0 aromatic carbocycles. The summed E-state index contributed by atoms with van der Waals surface area (Å²) < 4.78 is 4.58. The van der Waals surface area contributed by atoms with Crippen molar-refractivity contribution in [1.82, 2.24) is 5.32 Å². The Morgan fingerprint density at radius 2 is 2.50 bits per heavy atom. The Bertz CT molecular complexity index is 170. The Morgan fingerprint density at radius 1 is 1.64 bits per heavy atom. The van der Waals surface area contributed by atoms with Gasteiger partial charge in [0.1, 0.15) is 0 Å². The number of piperidine rings is 1. The van der Waals surface area contributed by atoms with E-state index < -0.39 is 0 Å². The van der Waals surface area contributed by atoms with E-state index in [1.165, 1.54) is 26.5 Å². The summed E-state index contributed by atoms with van der Waals surface area (Å²) >= 11 is 1.98. The second kappa shape index (κ2) is 7.12. The molecule has 14 heavy (non-hydrogen) atoms. The first-order valence-corrected chi connectivity index (χ1v) is 6.27. The Morgan fingerprint density at radius 3 is 3.14 bits per heavy atom. The minimum absolute atomic E-state index is 0.0904. The summed E-state index contributed by atoms with van der Waals surface area (Å²) in [6, 6.07) is 0. The van der Waals surface area contributed by atoms with Gasteiger partial charge in [-0.05, 0) is 31.6 Å². The fourth-order valence-corrected chi connectivity index (χ4v) is 2.74. The quantitative estimate of drug-likeness (QED) is 0.558. The first kappa shape index (κ1) is 11.9. The van der Waals surface area contributed by atoms with Gasteiger partial charge in [-0.3, -0.25) is 4.79 Å². The van der Waals surface area contributed by atoms with Crippen LogP contribution in [0.3, 0.4) is 0 Å². The lowest BCUT2D eigenvalue weighted by molar-refractivity contribution is -0.140. The van der Waals surface area contributed by atoms with Gasteiger partial charge in [0.2, 0.25) is 0 Å². The molecule has 1 saturated heterocycles. The van der Waals surface area contributed by atoms with E-state index in [1.54, 1.807) is 0 Å². The molecule has 0 saturated carbocycles. The Hall–Kier alpha value is -0.220. The number of carbonyl (C=O) groups excluding carboxylic acids is 1. The van der Waals surface area contributed by atoms with E-state index >= 15 is 0 Å². The van der Waals surface area contributed by atoms with Gasteiger partial charge in [-0.2, -0.15) is 11.8 Å². The molecule has 1 unspecified atom stereocenters. The van der Waals surface area contributed by atoms with Gasteiger partial charge in [-0.1, -0.05) is 0 Å². The molecule has 1 N–H and O–H groups in total. The summed E-state index contributed by atoms with van der Waals surface area (Å²) in [6.07, 6.45) is 4.10. The lowest BCUT2D eigenvalue weighted by atomic mass is 10.2. The van der Waals surface area contributed by atoms with Crippen molar-refractivity contribution in [2.24, 2.45) is 0 Å². The SMILES string of the molecule is COC(=O)CCCSC1CCCNC1. The van der Waals surface area contributed by atoms with Crippen molar-refractivity contribution in [3.8, 4) is 0 Å². The van der Waals surface area contributed by atoms with E-state index in [2.05, 4.69) is 10.1 Å². The highest BCUT2D eigenvalue weighted by Crippen LogP contribution is 2.19. The molecule has 3 nitrogen and oxygen atoms in total. The van der Waals surface area contributed by atoms with Crippen molar-refractivity contribution >= 4 is 17.7 Å². The summed E-state index contributed by atoms with van der Waals surface area (Å²) in [5.41, 5.74) is 0. The van der Waals surface area contributed by atoms with Gasteiger partial charge in [-0.15, -0.1) is 0 Å². The van der Waals surface area contributed by atoms with Gasteiger partial charge < -0.3 is 10.1 Å². The number of esters is 1. The lowest BCUT2D eigenvalue weighted by Gasteiger charge is -2.21. The Labute approximate surface area is 90.0 Å². The minimum atomic E-state index is -0.0904. The maximum atomic E-state index is 10.8. The van der Waals surface area contributed by atoms with E-state index in [0.717, 1.165) is 24.0 Å². The number of hydrogen-bond donors (Lipinski definition) is 1. The molecular formula is C10H19NO2S. The molecule has 0 aromatic heterocycles. The minimum Gasteiger partial charge on any atom is -0.469 e. The fourth-order valence-electron chi connectivity index (χ4n) is 1.53. The summed E-state index contributed by atoms with van der Waals surface area (Å²) in [5.74, 6) is 0.980. The molecule has 1 aliphatic rings. The highest BCUT2D eigenvalue weighted by molar-refractivity contribution is 7.99. The lowest BCUT2D eigenvalue weighted by Crippen LogP contribution is -2.31. The summed E-state index contributed by atoms with van der Waals surface area (Å²) in [5, 5.41) is 4.13. The molecule has 4 heteroatoms. The van der Waals surface area contributed by atoms with E-state index in [9.17, 15) is 4.79 Å². The van der Waals surface area contributed by atoms with Gasteiger partial charge in [0, 0.05) is 18.2 Å². The number of thioether (sulfide) groups is 1. The average Bonchev–Trinajstić information content (AvgIpc) is 2.25. The predicted molar refractivity (Wildman–Crippen MR) is 59.6 cm³/mol.